The zero-order valence-electron chi connectivity index (χ0n) is 6.52. The van der Waals surface area contributed by atoms with Gasteiger partial charge in [0, 0.05) is 10.6 Å². The Morgan fingerprint density at radius 2 is 2.23 bits per heavy atom. The molecule has 0 bridgehead atoms. The molecule has 0 fully saturated rings. The molecule has 1 heterocycles. The number of hydrogen-bond donors (Lipinski definition) is 2. The Balaban J connectivity index is 2.54. The standard InChI is InChI=1S/C7H7NO3S2/c9-13(10,11)5-1-2-6-7(3-5)12-4-8-6/h1-3,8H,4H2,(H,9,10,11). The molecule has 0 aromatic heterocycles. The SMILES string of the molecule is O=S(=O)(O)c1ccc2c(c1)SCN2. The molecule has 6 heteroatoms. The first-order valence-electron chi connectivity index (χ1n) is 3.55. The van der Waals surface area contributed by atoms with Crippen molar-refractivity contribution in [3.63, 3.8) is 0 Å². The predicted molar refractivity (Wildman–Crippen MR) is 50.6 cm³/mol. The summed E-state index contributed by atoms with van der Waals surface area (Å²) in [6.07, 6.45) is 0. The summed E-state index contributed by atoms with van der Waals surface area (Å²) in [6.45, 7) is 0. The van der Waals surface area contributed by atoms with Crippen LogP contribution in [0.2, 0.25) is 0 Å². The average Bonchev–Trinajstić information content (AvgIpc) is 2.47. The van der Waals surface area contributed by atoms with Gasteiger partial charge in [0.15, 0.2) is 0 Å². The Kier molecular flexibility index (Phi) is 1.98. The molecule has 1 aromatic rings. The number of rotatable bonds is 1. The Labute approximate surface area is 80.1 Å². The number of thioether (sulfide) groups is 1. The van der Waals surface area contributed by atoms with Crippen molar-refractivity contribution in [1.82, 2.24) is 0 Å². The van der Waals surface area contributed by atoms with Crippen molar-refractivity contribution in [1.29, 1.82) is 0 Å². The van der Waals surface area contributed by atoms with E-state index in [-0.39, 0.29) is 4.90 Å². The summed E-state index contributed by atoms with van der Waals surface area (Å²) in [5.41, 5.74) is 0.914. The molecule has 70 valence electrons. The topological polar surface area (TPSA) is 66.4 Å². The van der Waals surface area contributed by atoms with Crippen LogP contribution in [0, 0.1) is 0 Å². The number of hydrogen-bond acceptors (Lipinski definition) is 4. The minimum absolute atomic E-state index is 0.0533. The summed E-state index contributed by atoms with van der Waals surface area (Å²) in [6, 6.07) is 4.50. The van der Waals surface area contributed by atoms with E-state index in [0.717, 1.165) is 16.5 Å². The second-order valence-electron chi connectivity index (χ2n) is 2.60. The van der Waals surface area contributed by atoms with Crippen LogP contribution in [-0.4, -0.2) is 18.8 Å². The normalized spacial score (nSPS) is 15.2. The van der Waals surface area contributed by atoms with E-state index >= 15 is 0 Å². The van der Waals surface area contributed by atoms with Gasteiger partial charge in [0.25, 0.3) is 10.1 Å². The van der Waals surface area contributed by atoms with E-state index in [0.29, 0.717) is 0 Å². The molecule has 2 N–H and O–H groups in total. The first kappa shape index (κ1) is 8.86. The number of anilines is 1. The molecular formula is C7H7NO3S2. The van der Waals surface area contributed by atoms with Gasteiger partial charge in [-0.2, -0.15) is 8.42 Å². The smallest absolute Gasteiger partial charge is 0.294 e. The fraction of sp³-hybridized carbons (Fsp3) is 0.143. The van der Waals surface area contributed by atoms with Gasteiger partial charge in [0.1, 0.15) is 0 Å². The third kappa shape index (κ3) is 1.65. The van der Waals surface area contributed by atoms with Crippen LogP contribution in [0.4, 0.5) is 5.69 Å². The first-order valence-corrected chi connectivity index (χ1v) is 5.98. The Hall–Kier alpha value is -0.720. The van der Waals surface area contributed by atoms with Crippen molar-refractivity contribution in [2.75, 3.05) is 11.2 Å². The molecule has 1 aliphatic rings. The Morgan fingerprint density at radius 3 is 2.92 bits per heavy atom. The van der Waals surface area contributed by atoms with E-state index in [2.05, 4.69) is 5.32 Å². The van der Waals surface area contributed by atoms with Crippen LogP contribution in [0.3, 0.4) is 0 Å². The molecule has 1 aliphatic heterocycles. The minimum Gasteiger partial charge on any atom is -0.375 e. The van der Waals surface area contributed by atoms with E-state index in [1.165, 1.54) is 23.9 Å². The Bertz CT molecular complexity index is 441. The highest BCUT2D eigenvalue weighted by Crippen LogP contribution is 2.34. The third-order valence-corrected chi connectivity index (χ3v) is 3.53. The summed E-state index contributed by atoms with van der Waals surface area (Å²) < 4.78 is 30.3. The first-order chi connectivity index (χ1) is 6.07. The van der Waals surface area contributed by atoms with Crippen molar-refractivity contribution in [2.24, 2.45) is 0 Å². The highest BCUT2D eigenvalue weighted by atomic mass is 32.2. The average molecular weight is 217 g/mol. The molecule has 4 nitrogen and oxygen atoms in total. The molecule has 0 spiro atoms. The van der Waals surface area contributed by atoms with Gasteiger partial charge in [0.2, 0.25) is 0 Å². The van der Waals surface area contributed by atoms with Crippen LogP contribution < -0.4 is 5.32 Å². The third-order valence-electron chi connectivity index (χ3n) is 1.74. The van der Waals surface area contributed by atoms with Crippen LogP contribution in [-0.2, 0) is 10.1 Å². The molecule has 0 aliphatic carbocycles. The number of fused-ring (bicyclic) bond motifs is 1. The largest absolute Gasteiger partial charge is 0.375 e. The second-order valence-corrected chi connectivity index (χ2v) is 5.04. The molecule has 0 unspecified atom stereocenters. The highest BCUT2D eigenvalue weighted by Gasteiger charge is 2.15. The lowest BCUT2D eigenvalue weighted by atomic mass is 10.3. The highest BCUT2D eigenvalue weighted by molar-refractivity contribution is 7.99. The van der Waals surface area contributed by atoms with Gasteiger partial charge < -0.3 is 5.32 Å². The van der Waals surface area contributed by atoms with Gasteiger partial charge in [-0.25, -0.2) is 0 Å². The second kappa shape index (κ2) is 2.90. The molecule has 0 amide bonds. The molecule has 1 aromatic carbocycles. The number of nitrogens with one attached hydrogen (secondary N) is 1. The maximum atomic E-state index is 10.8. The lowest BCUT2D eigenvalue weighted by molar-refractivity contribution is 0.483. The fourth-order valence-electron chi connectivity index (χ4n) is 1.12. The van der Waals surface area contributed by atoms with Crippen LogP contribution in [0.1, 0.15) is 0 Å². The van der Waals surface area contributed by atoms with E-state index in [1.54, 1.807) is 6.07 Å². The lowest BCUT2D eigenvalue weighted by Gasteiger charge is -2.00. The van der Waals surface area contributed by atoms with Crippen LogP contribution in [0.25, 0.3) is 0 Å². The molecule has 2 rings (SSSR count). The molecule has 13 heavy (non-hydrogen) atoms. The summed E-state index contributed by atoms with van der Waals surface area (Å²) in [7, 11) is -4.07. The van der Waals surface area contributed by atoms with Gasteiger partial charge in [-0.05, 0) is 18.2 Å². The minimum atomic E-state index is -4.07. The van der Waals surface area contributed by atoms with Crippen molar-refractivity contribution < 1.29 is 13.0 Å². The van der Waals surface area contributed by atoms with E-state index in [4.69, 9.17) is 4.55 Å². The van der Waals surface area contributed by atoms with Crippen LogP contribution in [0.5, 0.6) is 0 Å². The number of benzene rings is 1. The summed E-state index contributed by atoms with van der Waals surface area (Å²) in [5, 5.41) is 3.07. The molecule has 0 atom stereocenters. The van der Waals surface area contributed by atoms with E-state index in [1.807, 2.05) is 0 Å². The molecule has 0 radical (unpaired) electrons. The van der Waals surface area contributed by atoms with Crippen LogP contribution >= 0.6 is 11.8 Å². The molecule has 0 saturated heterocycles. The van der Waals surface area contributed by atoms with Crippen LogP contribution in [0.15, 0.2) is 28.0 Å². The summed E-state index contributed by atoms with van der Waals surface area (Å²) >= 11 is 1.51. The zero-order chi connectivity index (χ0) is 9.47. The summed E-state index contributed by atoms with van der Waals surface area (Å²) in [4.78, 5) is 0.803. The molecular weight excluding hydrogens is 210 g/mol. The van der Waals surface area contributed by atoms with Crippen molar-refractivity contribution in [2.45, 2.75) is 9.79 Å². The van der Waals surface area contributed by atoms with Gasteiger partial charge >= 0.3 is 0 Å². The van der Waals surface area contributed by atoms with E-state index in [9.17, 15) is 8.42 Å². The zero-order valence-corrected chi connectivity index (χ0v) is 8.15. The van der Waals surface area contributed by atoms with Gasteiger partial charge in [-0.15, -0.1) is 11.8 Å². The Morgan fingerprint density at radius 1 is 1.46 bits per heavy atom. The lowest BCUT2D eigenvalue weighted by Crippen LogP contribution is -1.97. The van der Waals surface area contributed by atoms with E-state index < -0.39 is 10.1 Å². The van der Waals surface area contributed by atoms with Gasteiger partial charge in [-0.1, -0.05) is 0 Å². The predicted octanol–water partition coefficient (Wildman–Crippen LogP) is 1.41. The monoisotopic (exact) mass is 217 g/mol. The maximum absolute atomic E-state index is 10.8. The van der Waals surface area contributed by atoms with Gasteiger partial charge in [0.05, 0.1) is 10.8 Å². The van der Waals surface area contributed by atoms with Crippen molar-refractivity contribution >= 4 is 27.6 Å². The van der Waals surface area contributed by atoms with Gasteiger partial charge in [-0.3, -0.25) is 4.55 Å². The van der Waals surface area contributed by atoms with Crippen molar-refractivity contribution in [3.05, 3.63) is 18.2 Å². The maximum Gasteiger partial charge on any atom is 0.294 e. The fourth-order valence-corrected chi connectivity index (χ4v) is 2.59. The quantitative estimate of drug-likeness (QED) is 0.696. The summed E-state index contributed by atoms with van der Waals surface area (Å²) in [5.74, 6) is 0.740. The molecule has 0 saturated carbocycles. The van der Waals surface area contributed by atoms with Crippen molar-refractivity contribution in [3.8, 4) is 0 Å².